The lowest BCUT2D eigenvalue weighted by Gasteiger charge is -2.09. The number of rotatable bonds is 2. The number of hydrogen-bond acceptors (Lipinski definition) is 3. The summed E-state index contributed by atoms with van der Waals surface area (Å²) in [6, 6.07) is 13.7. The standard InChI is InChI=1S/C17H10ClFN4/c18-14-3-1-2-4-16(14)23-17(11-5-7-12(19)8-6-11)13-9-20-21-10-15(13)22-23/h1-10H. The van der Waals surface area contributed by atoms with Crippen molar-refractivity contribution in [3.8, 4) is 16.9 Å². The van der Waals surface area contributed by atoms with E-state index in [4.69, 9.17) is 11.6 Å². The number of aromatic nitrogens is 4. The van der Waals surface area contributed by atoms with Gasteiger partial charge in [0.15, 0.2) is 0 Å². The molecule has 4 nitrogen and oxygen atoms in total. The van der Waals surface area contributed by atoms with E-state index >= 15 is 0 Å². The second-order valence-electron chi connectivity index (χ2n) is 5.01. The van der Waals surface area contributed by atoms with E-state index in [1.165, 1.54) is 12.1 Å². The lowest BCUT2D eigenvalue weighted by atomic mass is 10.1. The highest BCUT2D eigenvalue weighted by Gasteiger charge is 2.16. The van der Waals surface area contributed by atoms with Crippen LogP contribution in [0.25, 0.3) is 27.8 Å². The lowest BCUT2D eigenvalue weighted by Crippen LogP contribution is -1.99. The molecular weight excluding hydrogens is 315 g/mol. The summed E-state index contributed by atoms with van der Waals surface area (Å²) in [6.45, 7) is 0. The van der Waals surface area contributed by atoms with Crippen LogP contribution in [0.3, 0.4) is 0 Å². The van der Waals surface area contributed by atoms with Crippen LogP contribution in [0.5, 0.6) is 0 Å². The highest BCUT2D eigenvalue weighted by molar-refractivity contribution is 6.32. The summed E-state index contributed by atoms with van der Waals surface area (Å²) in [5.74, 6) is -0.290. The van der Waals surface area contributed by atoms with E-state index in [1.807, 2.05) is 18.2 Å². The Kier molecular flexibility index (Phi) is 3.28. The summed E-state index contributed by atoms with van der Waals surface area (Å²) in [7, 11) is 0. The Labute approximate surface area is 136 Å². The number of nitrogens with zero attached hydrogens (tertiary/aromatic N) is 4. The van der Waals surface area contributed by atoms with Crippen molar-refractivity contribution in [2.45, 2.75) is 0 Å². The van der Waals surface area contributed by atoms with E-state index in [-0.39, 0.29) is 5.82 Å². The number of hydrogen-bond donors (Lipinski definition) is 0. The van der Waals surface area contributed by atoms with Crippen LogP contribution < -0.4 is 0 Å². The lowest BCUT2D eigenvalue weighted by molar-refractivity contribution is 0.628. The smallest absolute Gasteiger partial charge is 0.123 e. The number of fused-ring (bicyclic) bond motifs is 1. The van der Waals surface area contributed by atoms with Crippen LogP contribution in [0.1, 0.15) is 0 Å². The van der Waals surface area contributed by atoms with Crippen molar-refractivity contribution in [2.24, 2.45) is 0 Å². The molecule has 0 aliphatic rings. The van der Waals surface area contributed by atoms with Gasteiger partial charge < -0.3 is 0 Å². The Hall–Kier alpha value is -2.79. The van der Waals surface area contributed by atoms with Gasteiger partial charge in [-0.2, -0.15) is 15.3 Å². The maximum Gasteiger partial charge on any atom is 0.123 e. The van der Waals surface area contributed by atoms with Crippen LogP contribution in [-0.2, 0) is 0 Å². The molecule has 0 saturated carbocycles. The maximum atomic E-state index is 13.3. The second-order valence-corrected chi connectivity index (χ2v) is 5.41. The zero-order chi connectivity index (χ0) is 15.8. The molecule has 2 aromatic carbocycles. The highest BCUT2D eigenvalue weighted by atomic mass is 35.5. The van der Waals surface area contributed by atoms with Gasteiger partial charge in [-0.05, 0) is 36.4 Å². The molecule has 112 valence electrons. The van der Waals surface area contributed by atoms with E-state index in [0.717, 1.165) is 22.3 Å². The van der Waals surface area contributed by atoms with Crippen LogP contribution in [-0.4, -0.2) is 20.0 Å². The van der Waals surface area contributed by atoms with Crippen molar-refractivity contribution < 1.29 is 4.39 Å². The van der Waals surface area contributed by atoms with E-state index in [0.29, 0.717) is 10.5 Å². The molecule has 0 aliphatic carbocycles. The first-order valence-corrected chi connectivity index (χ1v) is 7.32. The first-order chi connectivity index (χ1) is 11.2. The maximum absolute atomic E-state index is 13.3. The average Bonchev–Trinajstić information content (AvgIpc) is 2.95. The van der Waals surface area contributed by atoms with Gasteiger partial charge in [0.05, 0.1) is 34.2 Å². The summed E-state index contributed by atoms with van der Waals surface area (Å²) in [4.78, 5) is 0. The first kappa shape index (κ1) is 13.8. The van der Waals surface area contributed by atoms with Gasteiger partial charge in [0.25, 0.3) is 0 Å². The van der Waals surface area contributed by atoms with Crippen molar-refractivity contribution in [2.75, 3.05) is 0 Å². The average molecular weight is 325 g/mol. The molecule has 2 aromatic heterocycles. The van der Waals surface area contributed by atoms with Crippen LogP contribution in [0, 0.1) is 5.82 Å². The predicted octanol–water partition coefficient (Wildman–Crippen LogP) is 4.28. The molecule has 0 bridgehead atoms. The minimum Gasteiger partial charge on any atom is -0.230 e. The SMILES string of the molecule is Fc1ccc(-c2c3cnncc3nn2-c2ccccc2Cl)cc1. The van der Waals surface area contributed by atoms with E-state index < -0.39 is 0 Å². The van der Waals surface area contributed by atoms with E-state index in [2.05, 4.69) is 15.3 Å². The first-order valence-electron chi connectivity index (χ1n) is 6.94. The summed E-state index contributed by atoms with van der Waals surface area (Å²) in [5.41, 5.74) is 3.05. The fourth-order valence-electron chi connectivity index (χ4n) is 2.53. The molecule has 0 radical (unpaired) electrons. The Balaban J connectivity index is 2.06. The summed E-state index contributed by atoms with van der Waals surface area (Å²) < 4.78 is 15.0. The molecule has 0 amide bonds. The molecular formula is C17H10ClFN4. The van der Waals surface area contributed by atoms with Crippen molar-refractivity contribution in [3.05, 3.63) is 71.8 Å². The Bertz CT molecular complexity index is 995. The fourth-order valence-corrected chi connectivity index (χ4v) is 2.75. The van der Waals surface area contributed by atoms with Crippen molar-refractivity contribution in [1.82, 2.24) is 20.0 Å². The van der Waals surface area contributed by atoms with E-state index in [1.54, 1.807) is 35.3 Å². The molecule has 2 heterocycles. The van der Waals surface area contributed by atoms with Gasteiger partial charge in [-0.25, -0.2) is 9.07 Å². The van der Waals surface area contributed by atoms with Crippen molar-refractivity contribution >= 4 is 22.5 Å². The third-order valence-electron chi connectivity index (χ3n) is 3.58. The van der Waals surface area contributed by atoms with Gasteiger partial charge in [0.1, 0.15) is 11.3 Å². The van der Waals surface area contributed by atoms with Crippen LogP contribution >= 0.6 is 11.6 Å². The second kappa shape index (κ2) is 5.44. The molecule has 0 atom stereocenters. The van der Waals surface area contributed by atoms with Crippen molar-refractivity contribution in [3.63, 3.8) is 0 Å². The Morgan fingerprint density at radius 3 is 2.43 bits per heavy atom. The Morgan fingerprint density at radius 1 is 0.913 bits per heavy atom. The number of para-hydroxylation sites is 1. The largest absolute Gasteiger partial charge is 0.230 e. The summed E-state index contributed by atoms with van der Waals surface area (Å²) in [5, 5.41) is 13.8. The third-order valence-corrected chi connectivity index (χ3v) is 3.90. The van der Waals surface area contributed by atoms with Gasteiger partial charge in [0.2, 0.25) is 0 Å². The van der Waals surface area contributed by atoms with Gasteiger partial charge in [-0.1, -0.05) is 23.7 Å². The molecule has 0 fully saturated rings. The summed E-state index contributed by atoms with van der Waals surface area (Å²) >= 11 is 6.32. The molecule has 4 rings (SSSR count). The molecule has 0 N–H and O–H groups in total. The molecule has 4 aromatic rings. The normalized spacial score (nSPS) is 11.0. The van der Waals surface area contributed by atoms with Crippen molar-refractivity contribution in [1.29, 1.82) is 0 Å². The molecule has 0 saturated heterocycles. The highest BCUT2D eigenvalue weighted by Crippen LogP contribution is 2.32. The molecule has 23 heavy (non-hydrogen) atoms. The Morgan fingerprint density at radius 2 is 1.65 bits per heavy atom. The van der Waals surface area contributed by atoms with E-state index in [9.17, 15) is 4.39 Å². The van der Waals surface area contributed by atoms with Crippen LogP contribution in [0.2, 0.25) is 5.02 Å². The fraction of sp³-hybridized carbons (Fsp3) is 0. The number of halogens is 2. The zero-order valence-electron chi connectivity index (χ0n) is 11.8. The minimum absolute atomic E-state index is 0.290. The van der Waals surface area contributed by atoms with Gasteiger partial charge in [-0.15, -0.1) is 0 Å². The van der Waals surface area contributed by atoms with Gasteiger partial charge >= 0.3 is 0 Å². The summed E-state index contributed by atoms with van der Waals surface area (Å²) in [6.07, 6.45) is 3.24. The van der Waals surface area contributed by atoms with Crippen LogP contribution in [0.15, 0.2) is 60.9 Å². The topological polar surface area (TPSA) is 43.6 Å². The molecule has 0 spiro atoms. The third kappa shape index (κ3) is 2.35. The van der Waals surface area contributed by atoms with Gasteiger partial charge in [-0.3, -0.25) is 0 Å². The monoisotopic (exact) mass is 324 g/mol. The molecule has 0 unspecified atom stereocenters. The zero-order valence-corrected chi connectivity index (χ0v) is 12.6. The molecule has 0 aliphatic heterocycles. The quantitative estimate of drug-likeness (QED) is 0.553. The predicted molar refractivity (Wildman–Crippen MR) is 87.1 cm³/mol. The minimum atomic E-state index is -0.290. The number of benzene rings is 2. The molecule has 6 heteroatoms. The van der Waals surface area contributed by atoms with Crippen LogP contribution in [0.4, 0.5) is 4.39 Å². The van der Waals surface area contributed by atoms with Gasteiger partial charge in [0, 0.05) is 5.56 Å².